The molecule has 0 spiro atoms. The van der Waals surface area contributed by atoms with E-state index in [1.165, 1.54) is 18.6 Å². The van der Waals surface area contributed by atoms with Gasteiger partial charge in [-0.05, 0) is 0 Å². The molecule has 0 bridgehead atoms. The van der Waals surface area contributed by atoms with Crippen molar-refractivity contribution in [3.8, 4) is 0 Å². The van der Waals surface area contributed by atoms with Crippen LogP contribution in [0, 0.1) is 11.8 Å². The molecular weight excluding hydrogens is 308 g/mol. The number of ether oxygens (including phenoxy) is 1. The summed E-state index contributed by atoms with van der Waals surface area (Å²) in [6, 6.07) is 0. The fraction of sp³-hybridized carbons (Fsp3) is 0.615. The summed E-state index contributed by atoms with van der Waals surface area (Å²) in [6.07, 6.45) is 5.55. The van der Waals surface area contributed by atoms with E-state index in [0.717, 1.165) is 6.26 Å². The second kappa shape index (κ2) is 5.90. The largest absolute Gasteiger partial charge is 0.376 e. The van der Waals surface area contributed by atoms with Crippen LogP contribution in [0.15, 0.2) is 18.6 Å². The molecule has 1 aromatic heterocycles. The number of nitrogens with zero attached hydrogens (tertiary/aromatic N) is 3. The van der Waals surface area contributed by atoms with Crippen LogP contribution in [0.4, 0.5) is 0 Å². The third-order valence-electron chi connectivity index (χ3n) is 4.12. The van der Waals surface area contributed by atoms with Crippen molar-refractivity contribution in [2.75, 3.05) is 32.5 Å². The van der Waals surface area contributed by atoms with Crippen LogP contribution in [0.1, 0.15) is 10.5 Å². The normalized spacial score (nSPS) is 27.9. The molecule has 1 N–H and O–H groups in total. The molecule has 1 amide bonds. The first-order chi connectivity index (χ1) is 10.4. The lowest BCUT2D eigenvalue weighted by Gasteiger charge is -2.19. The highest BCUT2D eigenvalue weighted by molar-refractivity contribution is 7.88. The van der Waals surface area contributed by atoms with Crippen LogP contribution in [0.3, 0.4) is 0 Å². The van der Waals surface area contributed by atoms with E-state index in [4.69, 9.17) is 4.74 Å². The van der Waals surface area contributed by atoms with Gasteiger partial charge in [-0.15, -0.1) is 0 Å². The Morgan fingerprint density at radius 1 is 1.45 bits per heavy atom. The Morgan fingerprint density at radius 3 is 2.95 bits per heavy atom. The van der Waals surface area contributed by atoms with E-state index in [0.29, 0.717) is 31.9 Å². The molecule has 8 nitrogen and oxygen atoms in total. The van der Waals surface area contributed by atoms with Gasteiger partial charge in [0.2, 0.25) is 10.0 Å². The number of hydrogen-bond donors (Lipinski definition) is 1. The highest BCUT2D eigenvalue weighted by atomic mass is 32.2. The van der Waals surface area contributed by atoms with Gasteiger partial charge in [-0.25, -0.2) is 18.1 Å². The van der Waals surface area contributed by atoms with Crippen LogP contribution >= 0.6 is 0 Å². The van der Waals surface area contributed by atoms with Crippen LogP contribution in [0.5, 0.6) is 0 Å². The highest BCUT2D eigenvalue weighted by Gasteiger charge is 2.45. The predicted octanol–water partition coefficient (Wildman–Crippen LogP) is -0.887. The van der Waals surface area contributed by atoms with Crippen molar-refractivity contribution >= 4 is 15.9 Å². The number of carbonyl (C=O) groups is 1. The van der Waals surface area contributed by atoms with Gasteiger partial charge in [-0.3, -0.25) is 9.78 Å². The molecule has 0 saturated carbocycles. The first-order valence-electron chi connectivity index (χ1n) is 7.05. The number of rotatable bonds is 4. The van der Waals surface area contributed by atoms with Gasteiger partial charge in [-0.2, -0.15) is 0 Å². The number of nitrogens with one attached hydrogen (secondary N) is 1. The molecular formula is C13H18N4O4S. The van der Waals surface area contributed by atoms with Crippen LogP contribution in [-0.4, -0.2) is 67.8 Å². The van der Waals surface area contributed by atoms with Crippen molar-refractivity contribution in [3.63, 3.8) is 0 Å². The summed E-state index contributed by atoms with van der Waals surface area (Å²) in [5, 5.41) is 0. The fourth-order valence-electron chi connectivity index (χ4n) is 3.00. The number of carbonyl (C=O) groups excluding carboxylic acids is 1. The molecule has 1 aromatic rings. The minimum absolute atomic E-state index is 0.0352. The maximum absolute atomic E-state index is 12.4. The van der Waals surface area contributed by atoms with Gasteiger partial charge in [0.25, 0.3) is 5.91 Å². The van der Waals surface area contributed by atoms with Crippen LogP contribution in [0.2, 0.25) is 0 Å². The molecule has 22 heavy (non-hydrogen) atoms. The smallest absolute Gasteiger partial charge is 0.274 e. The molecule has 3 heterocycles. The number of aromatic nitrogens is 2. The Hall–Kier alpha value is -1.58. The maximum atomic E-state index is 12.4. The minimum atomic E-state index is -3.22. The molecule has 2 saturated heterocycles. The molecule has 9 heteroatoms. The van der Waals surface area contributed by atoms with E-state index < -0.39 is 10.0 Å². The van der Waals surface area contributed by atoms with Crippen molar-refractivity contribution in [2.24, 2.45) is 11.8 Å². The van der Waals surface area contributed by atoms with Crippen LogP contribution < -0.4 is 4.72 Å². The van der Waals surface area contributed by atoms with Crippen molar-refractivity contribution in [2.45, 2.75) is 6.10 Å². The Balaban J connectivity index is 1.63. The zero-order chi connectivity index (χ0) is 15.7. The maximum Gasteiger partial charge on any atom is 0.274 e. The standard InChI is InChI=1S/C13H18N4O4S/c1-22(19,20)16-4-9-8-21-12-7-17(6-10(9)12)13(18)11-5-14-2-3-15-11/h2-3,5,9-10,12,16H,4,6-8H2,1H3/t9-,10+,12+/m1/s1. The molecule has 3 atom stereocenters. The van der Waals surface area contributed by atoms with Crippen molar-refractivity contribution < 1.29 is 17.9 Å². The van der Waals surface area contributed by atoms with Gasteiger partial charge < -0.3 is 9.64 Å². The highest BCUT2D eigenvalue weighted by Crippen LogP contribution is 2.33. The predicted molar refractivity (Wildman–Crippen MR) is 77.5 cm³/mol. The number of sulfonamides is 1. The van der Waals surface area contributed by atoms with Gasteiger partial charge in [0.05, 0.1) is 25.2 Å². The third-order valence-corrected chi connectivity index (χ3v) is 4.81. The fourth-order valence-corrected chi connectivity index (χ4v) is 3.52. The molecule has 0 radical (unpaired) electrons. The molecule has 2 fully saturated rings. The summed E-state index contributed by atoms with van der Waals surface area (Å²) in [7, 11) is -3.22. The summed E-state index contributed by atoms with van der Waals surface area (Å²) < 4.78 is 30.6. The topological polar surface area (TPSA) is 101 Å². The first-order valence-corrected chi connectivity index (χ1v) is 8.95. The summed E-state index contributed by atoms with van der Waals surface area (Å²) in [6.45, 7) is 1.92. The zero-order valence-electron chi connectivity index (χ0n) is 12.2. The number of fused-ring (bicyclic) bond motifs is 1. The first kappa shape index (κ1) is 15.3. The Labute approximate surface area is 128 Å². The third kappa shape index (κ3) is 3.26. The monoisotopic (exact) mass is 326 g/mol. The number of likely N-dealkylation sites (tertiary alicyclic amines) is 1. The molecule has 120 valence electrons. The second-order valence-electron chi connectivity index (χ2n) is 5.72. The molecule has 2 aliphatic heterocycles. The van der Waals surface area contributed by atoms with Gasteiger partial charge in [0, 0.05) is 43.9 Å². The summed E-state index contributed by atoms with van der Waals surface area (Å²) in [4.78, 5) is 22.0. The lowest BCUT2D eigenvalue weighted by Crippen LogP contribution is -2.35. The lowest BCUT2D eigenvalue weighted by atomic mass is 9.93. The van der Waals surface area contributed by atoms with Gasteiger partial charge in [0.1, 0.15) is 5.69 Å². The summed E-state index contributed by atoms with van der Waals surface area (Å²) >= 11 is 0. The van der Waals surface area contributed by atoms with E-state index >= 15 is 0 Å². The Morgan fingerprint density at radius 2 is 2.27 bits per heavy atom. The van der Waals surface area contributed by atoms with Gasteiger partial charge in [0.15, 0.2) is 0 Å². The summed E-state index contributed by atoms with van der Waals surface area (Å²) in [5.41, 5.74) is 0.313. The van der Waals surface area contributed by atoms with Gasteiger partial charge in [-0.1, -0.05) is 0 Å². The zero-order valence-corrected chi connectivity index (χ0v) is 13.0. The molecule has 2 aliphatic rings. The lowest BCUT2D eigenvalue weighted by molar-refractivity contribution is 0.0673. The SMILES string of the molecule is CS(=O)(=O)NC[C@@H]1CO[C@H]2CN(C(=O)c3cnccn3)C[C@@H]12. The quantitative estimate of drug-likeness (QED) is 0.770. The summed E-state index contributed by atoms with van der Waals surface area (Å²) in [5.74, 6) is 0.0650. The van der Waals surface area contributed by atoms with Crippen LogP contribution in [-0.2, 0) is 14.8 Å². The van der Waals surface area contributed by atoms with E-state index in [2.05, 4.69) is 14.7 Å². The average Bonchev–Trinajstić information content (AvgIpc) is 3.05. The second-order valence-corrected chi connectivity index (χ2v) is 7.55. The van der Waals surface area contributed by atoms with E-state index in [1.807, 2.05) is 0 Å². The van der Waals surface area contributed by atoms with Gasteiger partial charge >= 0.3 is 0 Å². The van der Waals surface area contributed by atoms with E-state index in [1.54, 1.807) is 4.90 Å². The molecule has 0 aliphatic carbocycles. The average molecular weight is 326 g/mol. The Bertz CT molecular complexity index is 651. The van der Waals surface area contributed by atoms with E-state index in [9.17, 15) is 13.2 Å². The van der Waals surface area contributed by atoms with Crippen molar-refractivity contribution in [1.82, 2.24) is 19.6 Å². The molecule has 0 unspecified atom stereocenters. The Kier molecular flexibility index (Phi) is 4.11. The van der Waals surface area contributed by atoms with E-state index in [-0.39, 0.29) is 23.8 Å². The van der Waals surface area contributed by atoms with Crippen LogP contribution in [0.25, 0.3) is 0 Å². The molecule has 3 rings (SSSR count). The minimum Gasteiger partial charge on any atom is -0.376 e. The number of hydrogen-bond acceptors (Lipinski definition) is 6. The number of amides is 1. The van der Waals surface area contributed by atoms with Crippen molar-refractivity contribution in [1.29, 1.82) is 0 Å². The molecule has 0 aromatic carbocycles. The van der Waals surface area contributed by atoms with Crippen molar-refractivity contribution in [3.05, 3.63) is 24.3 Å².